The smallest absolute Gasteiger partial charge is 0.253 e. The highest BCUT2D eigenvalue weighted by atomic mass is 35.5. The maximum Gasteiger partial charge on any atom is 0.253 e. The zero-order chi connectivity index (χ0) is 37.3. The molecule has 0 aliphatic carbocycles. The summed E-state index contributed by atoms with van der Waals surface area (Å²) in [6.45, 7) is 7.59. The van der Waals surface area contributed by atoms with E-state index in [4.69, 9.17) is 27.9 Å². The number of aromatic nitrogens is 1. The van der Waals surface area contributed by atoms with Gasteiger partial charge in [-0.25, -0.2) is 0 Å². The van der Waals surface area contributed by atoms with E-state index in [-0.39, 0.29) is 35.2 Å². The van der Waals surface area contributed by atoms with Gasteiger partial charge in [-0.15, -0.1) is 0 Å². The van der Waals surface area contributed by atoms with Crippen LogP contribution in [0.2, 0.25) is 10.0 Å². The van der Waals surface area contributed by atoms with Crippen LogP contribution in [0.4, 0.5) is 11.4 Å². The summed E-state index contributed by atoms with van der Waals surface area (Å²) in [7, 11) is 5.36. The summed E-state index contributed by atoms with van der Waals surface area (Å²) in [5, 5.41) is 6.75. The fraction of sp³-hybridized carbons (Fsp3) is 0.487. The lowest BCUT2D eigenvalue weighted by Crippen LogP contribution is -2.48. The van der Waals surface area contributed by atoms with Crippen molar-refractivity contribution in [2.75, 3.05) is 50.6 Å². The predicted octanol–water partition coefficient (Wildman–Crippen LogP) is 5.54. The summed E-state index contributed by atoms with van der Waals surface area (Å²) in [5.74, 6) is 0.318. The first-order chi connectivity index (χ1) is 24.8. The minimum atomic E-state index is -0.473. The number of rotatable bonds is 9. The molecule has 1 unspecified atom stereocenters. The maximum absolute atomic E-state index is 13.7. The SMILES string of the molecule is COc1cc(-c2cn(C)c(=O)c(C)c2C)cc(Cl)c1CN1CCC(N(C)C(=O)C2CCN(c3ccc(NC4CCC(=O)NC4=O)cc3Cl)CC2)CC1. The molecule has 0 saturated carbocycles. The number of likely N-dealkylation sites (tertiary alicyclic amines) is 1. The largest absolute Gasteiger partial charge is 0.496 e. The number of methoxy groups -OCH3 is 1. The van der Waals surface area contributed by atoms with Gasteiger partial charge in [0.1, 0.15) is 11.8 Å². The molecule has 3 aromatic rings. The van der Waals surface area contributed by atoms with Gasteiger partial charge < -0.3 is 24.4 Å². The van der Waals surface area contributed by atoms with Crippen molar-refractivity contribution in [3.8, 4) is 16.9 Å². The lowest BCUT2D eigenvalue weighted by molar-refractivity contribution is -0.138. The van der Waals surface area contributed by atoms with E-state index >= 15 is 0 Å². The van der Waals surface area contributed by atoms with E-state index in [0.717, 1.165) is 91.2 Å². The fourth-order valence-corrected chi connectivity index (χ4v) is 8.35. The van der Waals surface area contributed by atoms with Crippen LogP contribution in [-0.4, -0.2) is 84.5 Å². The van der Waals surface area contributed by atoms with Crippen LogP contribution in [0.25, 0.3) is 11.1 Å². The van der Waals surface area contributed by atoms with Gasteiger partial charge in [-0.3, -0.25) is 29.4 Å². The Morgan fingerprint density at radius 1 is 0.962 bits per heavy atom. The Kier molecular flexibility index (Phi) is 11.5. The average molecular weight is 752 g/mol. The molecule has 0 radical (unpaired) electrons. The number of aryl methyl sites for hydroxylation is 1. The number of carbonyl (C=O) groups is 3. The van der Waals surface area contributed by atoms with E-state index in [1.807, 2.05) is 62.3 Å². The van der Waals surface area contributed by atoms with Gasteiger partial charge in [-0.2, -0.15) is 0 Å². The number of imide groups is 1. The van der Waals surface area contributed by atoms with Crippen LogP contribution in [0.1, 0.15) is 55.2 Å². The lowest BCUT2D eigenvalue weighted by Gasteiger charge is -2.40. The van der Waals surface area contributed by atoms with E-state index in [9.17, 15) is 19.2 Å². The number of ether oxygens (including phenoxy) is 1. The Morgan fingerprint density at radius 3 is 2.33 bits per heavy atom. The van der Waals surface area contributed by atoms with Gasteiger partial charge in [0.15, 0.2) is 0 Å². The molecule has 11 nitrogen and oxygen atoms in total. The number of nitrogens with zero attached hydrogens (tertiary/aromatic N) is 4. The molecule has 278 valence electrons. The maximum atomic E-state index is 13.7. The van der Waals surface area contributed by atoms with Crippen LogP contribution < -0.4 is 25.8 Å². The minimum absolute atomic E-state index is 0.00953. The molecular formula is C39H48Cl2N6O5. The van der Waals surface area contributed by atoms with Crippen LogP contribution in [0.5, 0.6) is 5.75 Å². The molecule has 3 fully saturated rings. The average Bonchev–Trinajstić information content (AvgIpc) is 3.14. The fourth-order valence-electron chi connectivity index (χ4n) is 7.78. The third-order valence-corrected chi connectivity index (χ3v) is 11.8. The number of nitrogens with one attached hydrogen (secondary N) is 2. The van der Waals surface area contributed by atoms with Crippen molar-refractivity contribution in [3.05, 3.63) is 73.6 Å². The summed E-state index contributed by atoms with van der Waals surface area (Å²) in [5.41, 5.74) is 6.06. The Morgan fingerprint density at radius 2 is 1.67 bits per heavy atom. The second kappa shape index (κ2) is 15.9. The van der Waals surface area contributed by atoms with Crippen LogP contribution in [-0.2, 0) is 28.0 Å². The van der Waals surface area contributed by atoms with Crippen LogP contribution in [0, 0.1) is 19.8 Å². The first-order valence-electron chi connectivity index (χ1n) is 18.0. The number of hydrogen-bond acceptors (Lipinski definition) is 8. The number of carbonyl (C=O) groups excluding carboxylic acids is 3. The third kappa shape index (κ3) is 7.96. The van der Waals surface area contributed by atoms with E-state index in [0.29, 0.717) is 35.0 Å². The molecule has 52 heavy (non-hydrogen) atoms. The summed E-state index contributed by atoms with van der Waals surface area (Å²) >= 11 is 13.6. The first-order valence-corrected chi connectivity index (χ1v) is 18.8. The molecule has 0 bridgehead atoms. The Bertz CT molecular complexity index is 1920. The van der Waals surface area contributed by atoms with Crippen molar-refractivity contribution in [3.63, 3.8) is 0 Å². The van der Waals surface area contributed by atoms with Crippen molar-refractivity contribution >= 4 is 52.3 Å². The molecule has 6 rings (SSSR count). The highest BCUT2D eigenvalue weighted by molar-refractivity contribution is 6.33. The molecule has 1 atom stereocenters. The predicted molar refractivity (Wildman–Crippen MR) is 205 cm³/mol. The number of pyridine rings is 1. The summed E-state index contributed by atoms with van der Waals surface area (Å²) in [6, 6.07) is 9.33. The molecule has 3 aliphatic rings. The Hall–Kier alpha value is -4.06. The number of piperidine rings is 3. The number of benzene rings is 2. The van der Waals surface area contributed by atoms with Crippen molar-refractivity contribution in [2.24, 2.45) is 13.0 Å². The van der Waals surface area contributed by atoms with E-state index in [1.54, 1.807) is 18.7 Å². The van der Waals surface area contributed by atoms with Crippen molar-refractivity contribution in [2.45, 2.75) is 71.0 Å². The zero-order valence-electron chi connectivity index (χ0n) is 30.6. The van der Waals surface area contributed by atoms with Gasteiger partial charge in [0, 0.05) is 98.8 Å². The van der Waals surface area contributed by atoms with Gasteiger partial charge in [0.2, 0.25) is 17.7 Å². The number of hydrogen-bond donors (Lipinski definition) is 2. The van der Waals surface area contributed by atoms with Gasteiger partial charge in [-0.1, -0.05) is 23.2 Å². The van der Waals surface area contributed by atoms with Gasteiger partial charge in [0.25, 0.3) is 5.56 Å². The van der Waals surface area contributed by atoms with Crippen molar-refractivity contribution < 1.29 is 19.1 Å². The zero-order valence-corrected chi connectivity index (χ0v) is 32.1. The van der Waals surface area contributed by atoms with Crippen molar-refractivity contribution in [1.29, 1.82) is 0 Å². The molecule has 1 aromatic heterocycles. The van der Waals surface area contributed by atoms with E-state index < -0.39 is 6.04 Å². The molecule has 2 N–H and O–H groups in total. The normalized spacial score (nSPS) is 19.1. The molecule has 3 aliphatic heterocycles. The number of anilines is 2. The summed E-state index contributed by atoms with van der Waals surface area (Å²) in [6.07, 6.45) is 5.86. The molecule has 3 amide bonds. The lowest BCUT2D eigenvalue weighted by atomic mass is 9.93. The molecule has 3 saturated heterocycles. The summed E-state index contributed by atoms with van der Waals surface area (Å²) < 4.78 is 7.43. The monoisotopic (exact) mass is 750 g/mol. The quantitative estimate of drug-likeness (QED) is 0.274. The highest BCUT2D eigenvalue weighted by Gasteiger charge is 2.33. The minimum Gasteiger partial charge on any atom is -0.496 e. The second-order valence-electron chi connectivity index (χ2n) is 14.4. The van der Waals surface area contributed by atoms with Crippen LogP contribution in [0.15, 0.2) is 41.3 Å². The highest BCUT2D eigenvalue weighted by Crippen LogP contribution is 2.37. The molecule has 4 heterocycles. The number of halogens is 2. The molecule has 0 spiro atoms. The topological polar surface area (TPSA) is 116 Å². The first kappa shape index (κ1) is 37.7. The van der Waals surface area contributed by atoms with Gasteiger partial charge in [-0.05, 0) is 87.4 Å². The van der Waals surface area contributed by atoms with Crippen LogP contribution in [0.3, 0.4) is 0 Å². The van der Waals surface area contributed by atoms with Gasteiger partial charge >= 0.3 is 0 Å². The molecule has 2 aromatic carbocycles. The summed E-state index contributed by atoms with van der Waals surface area (Å²) in [4.78, 5) is 56.3. The van der Waals surface area contributed by atoms with Crippen molar-refractivity contribution in [1.82, 2.24) is 19.7 Å². The Labute approximate surface area is 315 Å². The van der Waals surface area contributed by atoms with Crippen LogP contribution >= 0.6 is 23.2 Å². The molecular weight excluding hydrogens is 703 g/mol. The second-order valence-corrected chi connectivity index (χ2v) is 15.2. The molecule has 13 heteroatoms. The van der Waals surface area contributed by atoms with E-state index in [2.05, 4.69) is 20.4 Å². The number of amides is 3. The third-order valence-electron chi connectivity index (χ3n) is 11.2. The Balaban J connectivity index is 1.00. The van der Waals surface area contributed by atoms with E-state index in [1.165, 1.54) is 0 Å². The standard InChI is InChI=1S/C39H48Cl2N6O5/c1-23-24(2)38(50)44(3)21-29(23)26-18-31(40)30(35(19-26)52-5)22-46-14-12-28(13-15-46)45(4)39(51)25-10-16-47(17-11-25)34-8-6-27(20-32(34)41)42-33-7-9-36(48)43-37(33)49/h6,8,18-21,25,28,33,42H,7,9-17,22H2,1-5H3,(H,43,48,49). The van der Waals surface area contributed by atoms with Gasteiger partial charge in [0.05, 0.1) is 17.8 Å².